The van der Waals surface area contributed by atoms with E-state index in [9.17, 15) is 4.79 Å². The molecule has 0 saturated carbocycles. The minimum absolute atomic E-state index is 0. The first-order valence-corrected chi connectivity index (χ1v) is 9.18. The van der Waals surface area contributed by atoms with Crippen LogP contribution in [-0.4, -0.2) is 24.5 Å². The highest BCUT2D eigenvalue weighted by Crippen LogP contribution is 2.08. The molecule has 2 aromatic rings. The Balaban J connectivity index is 0.00000392. The number of aliphatic imine (C=N–C) groups is 1. The molecule has 0 bridgehead atoms. The van der Waals surface area contributed by atoms with Crippen LogP contribution in [0.5, 0.6) is 0 Å². The van der Waals surface area contributed by atoms with Gasteiger partial charge in [-0.15, -0.1) is 24.0 Å². The third-order valence-electron chi connectivity index (χ3n) is 3.94. The molecule has 152 valence electrons. The van der Waals surface area contributed by atoms with E-state index in [1.807, 2.05) is 45.0 Å². The summed E-state index contributed by atoms with van der Waals surface area (Å²) >= 11 is 0. The number of nitrogens with zero attached hydrogens (tertiary/aromatic N) is 1. The van der Waals surface area contributed by atoms with Gasteiger partial charge in [-0.3, -0.25) is 9.79 Å². The second-order valence-electron chi connectivity index (χ2n) is 7.67. The number of guanidine groups is 1. The molecule has 6 heteroatoms. The van der Waals surface area contributed by atoms with Gasteiger partial charge in [0, 0.05) is 31.2 Å². The molecule has 0 aliphatic heterocycles. The van der Waals surface area contributed by atoms with Gasteiger partial charge in [0.15, 0.2) is 5.96 Å². The minimum Gasteiger partial charge on any atom is -0.352 e. The first kappa shape index (κ1) is 23.9. The van der Waals surface area contributed by atoms with E-state index in [1.165, 1.54) is 11.1 Å². The Kier molecular flexibility index (Phi) is 9.45. The van der Waals surface area contributed by atoms with Crippen LogP contribution in [0.2, 0.25) is 0 Å². The van der Waals surface area contributed by atoms with Crippen molar-refractivity contribution in [3.8, 4) is 0 Å². The molecule has 0 aromatic heterocycles. The number of rotatable bonds is 5. The number of amides is 1. The van der Waals surface area contributed by atoms with Crippen molar-refractivity contribution in [3.05, 3.63) is 70.8 Å². The molecular formula is C22H31IN4O. The zero-order valence-electron chi connectivity index (χ0n) is 17.3. The Morgan fingerprint density at radius 2 is 1.57 bits per heavy atom. The summed E-state index contributed by atoms with van der Waals surface area (Å²) in [6.07, 6.45) is 0. The molecule has 0 aliphatic carbocycles. The van der Waals surface area contributed by atoms with E-state index in [0.717, 1.165) is 11.5 Å². The maximum Gasteiger partial charge on any atom is 0.251 e. The van der Waals surface area contributed by atoms with Crippen molar-refractivity contribution >= 4 is 35.8 Å². The Hall–Kier alpha value is -2.09. The van der Waals surface area contributed by atoms with Gasteiger partial charge in [0.1, 0.15) is 0 Å². The van der Waals surface area contributed by atoms with Crippen LogP contribution in [0.25, 0.3) is 0 Å². The van der Waals surface area contributed by atoms with Crippen LogP contribution < -0.4 is 16.0 Å². The van der Waals surface area contributed by atoms with Crippen molar-refractivity contribution in [3.63, 3.8) is 0 Å². The number of carbonyl (C=O) groups is 1. The number of carbonyl (C=O) groups excluding carboxylic acids is 1. The fourth-order valence-corrected chi connectivity index (χ4v) is 2.53. The summed E-state index contributed by atoms with van der Waals surface area (Å²) < 4.78 is 0. The zero-order chi connectivity index (χ0) is 19.9. The summed E-state index contributed by atoms with van der Waals surface area (Å²) in [6, 6.07) is 16.0. The summed E-state index contributed by atoms with van der Waals surface area (Å²) in [6.45, 7) is 9.28. The van der Waals surface area contributed by atoms with Gasteiger partial charge in [0.2, 0.25) is 0 Å². The van der Waals surface area contributed by atoms with Crippen molar-refractivity contribution in [2.24, 2.45) is 4.99 Å². The molecule has 0 spiro atoms. The average molecular weight is 494 g/mol. The number of halogens is 1. The smallest absolute Gasteiger partial charge is 0.251 e. The Morgan fingerprint density at radius 3 is 2.14 bits per heavy atom. The normalized spacial score (nSPS) is 11.4. The van der Waals surface area contributed by atoms with Crippen molar-refractivity contribution in [1.29, 1.82) is 0 Å². The van der Waals surface area contributed by atoms with Gasteiger partial charge in [-0.05, 0) is 51.0 Å². The second kappa shape index (κ2) is 11.0. The topological polar surface area (TPSA) is 65.5 Å². The first-order chi connectivity index (χ1) is 12.8. The molecule has 0 unspecified atom stereocenters. The summed E-state index contributed by atoms with van der Waals surface area (Å²) in [4.78, 5) is 16.6. The fraction of sp³-hybridized carbons (Fsp3) is 0.364. The van der Waals surface area contributed by atoms with E-state index in [1.54, 1.807) is 7.05 Å². The molecule has 0 radical (unpaired) electrons. The number of aryl methyl sites for hydroxylation is 1. The zero-order valence-corrected chi connectivity index (χ0v) is 19.6. The molecule has 0 heterocycles. The lowest BCUT2D eigenvalue weighted by molar-refractivity contribution is 0.0919. The van der Waals surface area contributed by atoms with Crippen molar-refractivity contribution in [2.75, 3.05) is 7.05 Å². The van der Waals surface area contributed by atoms with Gasteiger partial charge in [0.05, 0.1) is 0 Å². The molecule has 2 aromatic carbocycles. The average Bonchev–Trinajstić information content (AvgIpc) is 2.62. The third kappa shape index (κ3) is 8.29. The maximum atomic E-state index is 12.3. The largest absolute Gasteiger partial charge is 0.352 e. The van der Waals surface area contributed by atoms with E-state index < -0.39 is 0 Å². The molecular weight excluding hydrogens is 463 g/mol. The number of hydrogen-bond donors (Lipinski definition) is 3. The molecule has 5 nitrogen and oxygen atoms in total. The number of nitrogens with one attached hydrogen (secondary N) is 3. The van der Waals surface area contributed by atoms with Crippen LogP contribution in [0.3, 0.4) is 0 Å². The summed E-state index contributed by atoms with van der Waals surface area (Å²) in [5, 5.41) is 9.58. The van der Waals surface area contributed by atoms with E-state index in [2.05, 4.69) is 52.1 Å². The van der Waals surface area contributed by atoms with E-state index in [0.29, 0.717) is 18.7 Å². The molecule has 0 aliphatic rings. The fourth-order valence-electron chi connectivity index (χ4n) is 2.53. The van der Waals surface area contributed by atoms with Crippen LogP contribution in [0.15, 0.2) is 53.5 Å². The molecule has 0 atom stereocenters. The van der Waals surface area contributed by atoms with Gasteiger partial charge in [-0.1, -0.05) is 42.0 Å². The molecule has 1 amide bonds. The second-order valence-corrected chi connectivity index (χ2v) is 7.67. The Morgan fingerprint density at radius 1 is 0.964 bits per heavy atom. The maximum absolute atomic E-state index is 12.3. The Labute approximate surface area is 185 Å². The molecule has 2 rings (SSSR count). The van der Waals surface area contributed by atoms with Crippen LogP contribution in [0.1, 0.15) is 47.8 Å². The quantitative estimate of drug-likeness (QED) is 0.335. The van der Waals surface area contributed by atoms with E-state index >= 15 is 0 Å². The first-order valence-electron chi connectivity index (χ1n) is 9.18. The monoisotopic (exact) mass is 494 g/mol. The highest BCUT2D eigenvalue weighted by molar-refractivity contribution is 14.0. The third-order valence-corrected chi connectivity index (χ3v) is 3.94. The summed E-state index contributed by atoms with van der Waals surface area (Å²) in [7, 11) is 1.75. The standard InChI is InChI=1S/C22H30N4O.HI/c1-16-9-11-17(12-10-16)14-24-21(23-5)25-15-18-7-6-8-19(13-18)20(27)26-22(2,3)4;/h6-13H,14-15H2,1-5H3,(H,26,27)(H2,23,24,25);1H. The highest BCUT2D eigenvalue weighted by Gasteiger charge is 2.15. The van der Waals surface area contributed by atoms with Crippen molar-refractivity contribution < 1.29 is 4.79 Å². The number of hydrogen-bond acceptors (Lipinski definition) is 2. The van der Waals surface area contributed by atoms with E-state index in [4.69, 9.17) is 0 Å². The predicted molar refractivity (Wildman–Crippen MR) is 127 cm³/mol. The molecule has 28 heavy (non-hydrogen) atoms. The van der Waals surface area contributed by atoms with Crippen LogP contribution >= 0.6 is 24.0 Å². The van der Waals surface area contributed by atoms with Crippen LogP contribution in [0, 0.1) is 6.92 Å². The van der Waals surface area contributed by atoms with Crippen LogP contribution in [0.4, 0.5) is 0 Å². The van der Waals surface area contributed by atoms with E-state index in [-0.39, 0.29) is 35.4 Å². The molecule has 0 saturated heterocycles. The SMILES string of the molecule is CN=C(NCc1ccc(C)cc1)NCc1cccc(C(=O)NC(C)(C)C)c1.I. The molecule has 0 fully saturated rings. The summed E-state index contributed by atoms with van der Waals surface area (Å²) in [5.41, 5.74) is 3.87. The van der Waals surface area contributed by atoms with Crippen molar-refractivity contribution in [2.45, 2.75) is 46.3 Å². The van der Waals surface area contributed by atoms with Crippen LogP contribution in [-0.2, 0) is 13.1 Å². The minimum atomic E-state index is -0.257. The highest BCUT2D eigenvalue weighted by atomic mass is 127. The van der Waals surface area contributed by atoms with Crippen molar-refractivity contribution in [1.82, 2.24) is 16.0 Å². The van der Waals surface area contributed by atoms with Gasteiger partial charge in [0.25, 0.3) is 5.91 Å². The van der Waals surface area contributed by atoms with Gasteiger partial charge in [-0.25, -0.2) is 0 Å². The predicted octanol–water partition coefficient (Wildman–Crippen LogP) is 4.01. The van der Waals surface area contributed by atoms with Gasteiger partial charge < -0.3 is 16.0 Å². The Bertz CT molecular complexity index is 795. The lowest BCUT2D eigenvalue weighted by Gasteiger charge is -2.20. The summed E-state index contributed by atoms with van der Waals surface area (Å²) in [5.74, 6) is 0.659. The number of benzene rings is 2. The van der Waals surface area contributed by atoms with Gasteiger partial charge in [-0.2, -0.15) is 0 Å². The van der Waals surface area contributed by atoms with Gasteiger partial charge >= 0.3 is 0 Å². The molecule has 3 N–H and O–H groups in total. The lowest BCUT2D eigenvalue weighted by atomic mass is 10.1. The lowest BCUT2D eigenvalue weighted by Crippen LogP contribution is -2.40.